The lowest BCUT2D eigenvalue weighted by Crippen LogP contribution is -2.28. The van der Waals surface area contributed by atoms with Crippen LogP contribution in [0.3, 0.4) is 0 Å². The number of aromatic nitrogens is 2. The Balaban J connectivity index is 1.84. The van der Waals surface area contributed by atoms with Crippen molar-refractivity contribution in [1.82, 2.24) is 15.5 Å². The Morgan fingerprint density at radius 1 is 1.19 bits per heavy atom. The van der Waals surface area contributed by atoms with Crippen LogP contribution in [0.25, 0.3) is 11.5 Å². The van der Waals surface area contributed by atoms with Gasteiger partial charge in [-0.15, -0.1) is 10.2 Å². The van der Waals surface area contributed by atoms with E-state index >= 15 is 0 Å². The first-order chi connectivity index (χ1) is 12.5. The summed E-state index contributed by atoms with van der Waals surface area (Å²) in [4.78, 5) is 11.5. The molecule has 3 aromatic rings. The van der Waals surface area contributed by atoms with Gasteiger partial charge in [0.05, 0.1) is 11.6 Å². The van der Waals surface area contributed by atoms with Crippen molar-refractivity contribution in [3.63, 3.8) is 0 Å². The lowest BCUT2D eigenvalue weighted by Gasteiger charge is -2.14. The fourth-order valence-electron chi connectivity index (χ4n) is 2.48. The first-order valence-electron chi connectivity index (χ1n) is 7.90. The van der Waals surface area contributed by atoms with Crippen LogP contribution < -0.4 is 5.32 Å². The number of halogens is 1. The highest BCUT2D eigenvalue weighted by molar-refractivity contribution is 5.73. The van der Waals surface area contributed by atoms with E-state index in [4.69, 9.17) is 9.68 Å². The van der Waals surface area contributed by atoms with Gasteiger partial charge in [-0.2, -0.15) is 5.26 Å². The highest BCUT2D eigenvalue weighted by atomic mass is 19.1. The normalized spacial score (nSPS) is 11.6. The molecule has 26 heavy (non-hydrogen) atoms. The van der Waals surface area contributed by atoms with Crippen molar-refractivity contribution >= 4 is 5.91 Å². The summed E-state index contributed by atoms with van der Waals surface area (Å²) in [6, 6.07) is 14.3. The summed E-state index contributed by atoms with van der Waals surface area (Å²) in [5.74, 6) is -0.0883. The van der Waals surface area contributed by atoms with Gasteiger partial charge in [0, 0.05) is 18.9 Å². The number of rotatable bonds is 5. The molecule has 130 valence electrons. The monoisotopic (exact) mass is 350 g/mol. The topological polar surface area (TPSA) is 91.8 Å². The smallest absolute Gasteiger partial charge is 0.247 e. The number of benzene rings is 2. The number of carbonyl (C=O) groups is 1. The van der Waals surface area contributed by atoms with Gasteiger partial charge in [-0.3, -0.25) is 4.79 Å². The third kappa shape index (κ3) is 4.11. The zero-order chi connectivity index (χ0) is 18.5. The second-order valence-electron chi connectivity index (χ2n) is 5.72. The van der Waals surface area contributed by atoms with Gasteiger partial charge in [-0.05, 0) is 42.0 Å². The van der Waals surface area contributed by atoms with Crippen molar-refractivity contribution in [2.45, 2.75) is 19.4 Å². The second-order valence-corrected chi connectivity index (χ2v) is 5.72. The number of nitrogens with one attached hydrogen (secondary N) is 1. The van der Waals surface area contributed by atoms with Crippen molar-refractivity contribution < 1.29 is 13.6 Å². The van der Waals surface area contributed by atoms with Crippen molar-refractivity contribution in [2.24, 2.45) is 0 Å². The van der Waals surface area contributed by atoms with Gasteiger partial charge >= 0.3 is 0 Å². The molecule has 0 bridgehead atoms. The maximum absolute atomic E-state index is 13.0. The average Bonchev–Trinajstić information content (AvgIpc) is 3.12. The van der Waals surface area contributed by atoms with Crippen LogP contribution >= 0.6 is 0 Å². The van der Waals surface area contributed by atoms with Crippen LogP contribution in [0, 0.1) is 17.1 Å². The molecule has 0 fully saturated rings. The predicted octanol–water partition coefficient (Wildman–Crippen LogP) is 3.17. The highest BCUT2D eigenvalue weighted by Crippen LogP contribution is 2.23. The summed E-state index contributed by atoms with van der Waals surface area (Å²) in [6.07, 6.45) is 0.427. The molecule has 1 aromatic heterocycles. The number of hydrogen-bond donors (Lipinski definition) is 1. The first-order valence-corrected chi connectivity index (χ1v) is 7.90. The van der Waals surface area contributed by atoms with Crippen LogP contribution in [0.5, 0.6) is 0 Å². The molecule has 1 unspecified atom stereocenters. The van der Waals surface area contributed by atoms with E-state index in [0.717, 1.165) is 5.56 Å². The zero-order valence-electron chi connectivity index (χ0n) is 13.9. The molecule has 0 saturated carbocycles. The number of hydrogen-bond acceptors (Lipinski definition) is 5. The summed E-state index contributed by atoms with van der Waals surface area (Å²) in [5, 5.41) is 19.7. The van der Waals surface area contributed by atoms with E-state index in [2.05, 4.69) is 21.6 Å². The first kappa shape index (κ1) is 17.3. The van der Waals surface area contributed by atoms with E-state index in [0.29, 0.717) is 17.5 Å². The Morgan fingerprint density at radius 2 is 1.88 bits per heavy atom. The molecule has 0 spiro atoms. The summed E-state index contributed by atoms with van der Waals surface area (Å²) >= 11 is 0. The SMILES string of the molecule is CC(=O)NC(Cc1ccc(C#N)cc1)c1nnc(-c2ccc(F)cc2)o1. The Hall–Kier alpha value is -3.53. The molecule has 2 aromatic carbocycles. The minimum absolute atomic E-state index is 0.231. The Morgan fingerprint density at radius 3 is 2.50 bits per heavy atom. The van der Waals surface area contributed by atoms with Crippen molar-refractivity contribution in [3.8, 4) is 17.5 Å². The standard InChI is InChI=1S/C19H15FN4O2/c1-12(25)22-17(10-13-2-4-14(11-21)5-3-13)19-24-23-18(26-19)15-6-8-16(20)9-7-15/h2-9,17H,10H2,1H3,(H,22,25). The number of carbonyl (C=O) groups excluding carboxylic acids is 1. The minimum atomic E-state index is -0.512. The zero-order valence-corrected chi connectivity index (χ0v) is 13.9. The molecule has 1 heterocycles. The lowest BCUT2D eigenvalue weighted by molar-refractivity contribution is -0.119. The molecule has 1 amide bonds. The fourth-order valence-corrected chi connectivity index (χ4v) is 2.48. The van der Waals surface area contributed by atoms with Gasteiger partial charge < -0.3 is 9.73 Å². The number of nitrogens with zero attached hydrogens (tertiary/aromatic N) is 3. The molecule has 7 heteroatoms. The largest absolute Gasteiger partial charge is 0.418 e. The predicted molar refractivity (Wildman–Crippen MR) is 91.1 cm³/mol. The summed E-state index contributed by atoms with van der Waals surface area (Å²) in [7, 11) is 0. The van der Waals surface area contributed by atoms with Crippen molar-refractivity contribution in [3.05, 3.63) is 71.4 Å². The molecule has 6 nitrogen and oxygen atoms in total. The molecule has 1 N–H and O–H groups in total. The van der Waals surface area contributed by atoms with Crippen LogP contribution in [-0.4, -0.2) is 16.1 Å². The van der Waals surface area contributed by atoms with E-state index in [1.54, 1.807) is 24.3 Å². The maximum atomic E-state index is 13.0. The summed E-state index contributed by atoms with van der Waals surface area (Å²) in [5.41, 5.74) is 2.05. The lowest BCUT2D eigenvalue weighted by atomic mass is 10.0. The molecular formula is C19H15FN4O2. The van der Waals surface area contributed by atoms with Gasteiger partial charge in [0.25, 0.3) is 0 Å². The second kappa shape index (κ2) is 7.57. The highest BCUT2D eigenvalue weighted by Gasteiger charge is 2.21. The molecular weight excluding hydrogens is 335 g/mol. The van der Waals surface area contributed by atoms with Gasteiger partial charge in [-0.1, -0.05) is 12.1 Å². The van der Waals surface area contributed by atoms with Crippen LogP contribution in [0.4, 0.5) is 4.39 Å². The fraction of sp³-hybridized carbons (Fsp3) is 0.158. The quantitative estimate of drug-likeness (QED) is 0.763. The molecule has 0 saturated heterocycles. The molecule has 0 aliphatic heterocycles. The van der Waals surface area contributed by atoms with Crippen LogP contribution in [-0.2, 0) is 11.2 Å². The molecule has 3 rings (SSSR count). The number of nitriles is 1. The maximum Gasteiger partial charge on any atom is 0.247 e. The third-order valence-electron chi connectivity index (χ3n) is 3.73. The van der Waals surface area contributed by atoms with Gasteiger partial charge in [-0.25, -0.2) is 4.39 Å². The van der Waals surface area contributed by atoms with Crippen LogP contribution in [0.15, 0.2) is 52.9 Å². The van der Waals surface area contributed by atoms with E-state index in [1.807, 2.05) is 12.1 Å². The van der Waals surface area contributed by atoms with E-state index in [-0.39, 0.29) is 23.5 Å². The van der Waals surface area contributed by atoms with Crippen molar-refractivity contribution in [1.29, 1.82) is 5.26 Å². The Bertz CT molecular complexity index is 943. The summed E-state index contributed by atoms with van der Waals surface area (Å²) in [6.45, 7) is 1.41. The molecule has 0 aliphatic carbocycles. The average molecular weight is 350 g/mol. The van der Waals surface area contributed by atoms with E-state index in [1.165, 1.54) is 19.1 Å². The van der Waals surface area contributed by atoms with Crippen LogP contribution in [0.1, 0.15) is 30.0 Å². The van der Waals surface area contributed by atoms with E-state index in [9.17, 15) is 9.18 Å². The van der Waals surface area contributed by atoms with Gasteiger partial charge in [0.1, 0.15) is 11.9 Å². The van der Waals surface area contributed by atoms with Crippen molar-refractivity contribution in [2.75, 3.05) is 0 Å². The van der Waals surface area contributed by atoms with E-state index < -0.39 is 6.04 Å². The van der Waals surface area contributed by atoms with Gasteiger partial charge in [0.2, 0.25) is 17.7 Å². The molecule has 1 atom stereocenters. The third-order valence-corrected chi connectivity index (χ3v) is 3.73. The van der Waals surface area contributed by atoms with Crippen LogP contribution in [0.2, 0.25) is 0 Å². The summed E-state index contributed by atoms with van der Waals surface area (Å²) < 4.78 is 18.7. The molecule has 0 radical (unpaired) electrons. The Labute approximate surface area is 149 Å². The minimum Gasteiger partial charge on any atom is -0.418 e. The van der Waals surface area contributed by atoms with Gasteiger partial charge in [0.15, 0.2) is 0 Å². The Kier molecular flexibility index (Phi) is 5.04. The number of amides is 1. The molecule has 0 aliphatic rings.